The molecule has 0 aromatic heterocycles. The number of hydrogen-bond donors (Lipinski definition) is 3. The standard InChI is InChI=1S/C18H36O4/c1-3-4-5-6-7-8-9-10-14(2)22-17-12-15(13-19)11-16(20)18(17)21/h14-21H,3-13H2,1-2H3. The van der Waals surface area contributed by atoms with Crippen LogP contribution < -0.4 is 0 Å². The van der Waals surface area contributed by atoms with E-state index in [9.17, 15) is 15.3 Å². The van der Waals surface area contributed by atoms with Gasteiger partial charge in [0, 0.05) is 6.61 Å². The maximum atomic E-state index is 10.0. The average molecular weight is 316 g/mol. The fraction of sp³-hybridized carbons (Fsp3) is 1.00. The molecule has 4 heteroatoms. The van der Waals surface area contributed by atoms with E-state index in [1.807, 2.05) is 6.92 Å². The van der Waals surface area contributed by atoms with Gasteiger partial charge in [0.25, 0.3) is 0 Å². The second-order valence-electron chi connectivity index (χ2n) is 6.97. The van der Waals surface area contributed by atoms with E-state index in [4.69, 9.17) is 4.74 Å². The zero-order valence-corrected chi connectivity index (χ0v) is 14.4. The van der Waals surface area contributed by atoms with Gasteiger partial charge in [0.1, 0.15) is 6.10 Å². The number of rotatable bonds is 11. The molecule has 1 fully saturated rings. The Morgan fingerprint density at radius 3 is 2.27 bits per heavy atom. The van der Waals surface area contributed by atoms with Gasteiger partial charge in [-0.2, -0.15) is 0 Å². The molecule has 0 saturated heterocycles. The molecule has 1 saturated carbocycles. The van der Waals surface area contributed by atoms with E-state index in [1.54, 1.807) is 0 Å². The van der Waals surface area contributed by atoms with Gasteiger partial charge in [-0.15, -0.1) is 0 Å². The molecule has 0 spiro atoms. The topological polar surface area (TPSA) is 69.9 Å². The van der Waals surface area contributed by atoms with Gasteiger partial charge in [-0.1, -0.05) is 51.9 Å². The lowest BCUT2D eigenvalue weighted by Gasteiger charge is -2.37. The van der Waals surface area contributed by atoms with Crippen molar-refractivity contribution >= 4 is 0 Å². The second-order valence-corrected chi connectivity index (χ2v) is 6.97. The largest absolute Gasteiger partial charge is 0.396 e. The van der Waals surface area contributed by atoms with Gasteiger partial charge in [0.2, 0.25) is 0 Å². The van der Waals surface area contributed by atoms with E-state index >= 15 is 0 Å². The number of aliphatic hydroxyl groups excluding tert-OH is 3. The Morgan fingerprint density at radius 2 is 1.64 bits per heavy atom. The van der Waals surface area contributed by atoms with Crippen molar-refractivity contribution in [2.24, 2.45) is 5.92 Å². The van der Waals surface area contributed by atoms with Gasteiger partial charge < -0.3 is 20.1 Å². The number of unbranched alkanes of at least 4 members (excludes halogenated alkanes) is 6. The van der Waals surface area contributed by atoms with Crippen LogP contribution in [0.25, 0.3) is 0 Å². The van der Waals surface area contributed by atoms with Gasteiger partial charge >= 0.3 is 0 Å². The molecule has 1 rings (SSSR count). The molecule has 3 N–H and O–H groups in total. The quantitative estimate of drug-likeness (QED) is 0.512. The molecular formula is C18H36O4. The summed E-state index contributed by atoms with van der Waals surface area (Å²) in [5.41, 5.74) is 0. The highest BCUT2D eigenvalue weighted by molar-refractivity contribution is 4.87. The van der Waals surface area contributed by atoms with Gasteiger partial charge in [-0.25, -0.2) is 0 Å². The van der Waals surface area contributed by atoms with Gasteiger partial charge in [0.05, 0.1) is 18.3 Å². The molecule has 1 aliphatic rings. The molecule has 0 radical (unpaired) electrons. The smallest absolute Gasteiger partial charge is 0.106 e. The second kappa shape index (κ2) is 11.4. The molecule has 0 bridgehead atoms. The summed E-state index contributed by atoms with van der Waals surface area (Å²) in [4.78, 5) is 0. The van der Waals surface area contributed by atoms with Crippen LogP contribution in [0.4, 0.5) is 0 Å². The van der Waals surface area contributed by atoms with Crippen LogP contribution in [0.15, 0.2) is 0 Å². The van der Waals surface area contributed by atoms with Crippen LogP contribution >= 0.6 is 0 Å². The summed E-state index contributed by atoms with van der Waals surface area (Å²) in [7, 11) is 0. The van der Waals surface area contributed by atoms with Crippen LogP contribution in [0.3, 0.4) is 0 Å². The molecule has 0 aromatic rings. The number of hydrogen-bond acceptors (Lipinski definition) is 4. The Hall–Kier alpha value is -0.160. The summed E-state index contributed by atoms with van der Waals surface area (Å²) in [6.07, 6.45) is 9.24. The van der Waals surface area contributed by atoms with E-state index in [1.165, 1.54) is 38.5 Å². The Kier molecular flexibility index (Phi) is 10.3. The van der Waals surface area contributed by atoms with Crippen LogP contribution in [0, 0.1) is 5.92 Å². The van der Waals surface area contributed by atoms with E-state index in [0.29, 0.717) is 12.8 Å². The molecule has 22 heavy (non-hydrogen) atoms. The predicted molar refractivity (Wildman–Crippen MR) is 88.8 cm³/mol. The lowest BCUT2D eigenvalue weighted by molar-refractivity contribution is -0.148. The van der Waals surface area contributed by atoms with Crippen molar-refractivity contribution in [3.63, 3.8) is 0 Å². The highest BCUT2D eigenvalue weighted by Crippen LogP contribution is 2.28. The number of aliphatic hydroxyl groups is 3. The van der Waals surface area contributed by atoms with E-state index in [0.717, 1.165) is 12.8 Å². The third-order valence-corrected chi connectivity index (χ3v) is 4.80. The minimum atomic E-state index is -0.820. The molecule has 5 atom stereocenters. The zero-order chi connectivity index (χ0) is 16.4. The summed E-state index contributed by atoms with van der Waals surface area (Å²) in [6, 6.07) is 0. The van der Waals surface area contributed by atoms with E-state index in [-0.39, 0.29) is 24.7 Å². The molecule has 0 amide bonds. The van der Waals surface area contributed by atoms with Gasteiger partial charge in [-0.05, 0) is 32.1 Å². The van der Waals surface area contributed by atoms with Crippen molar-refractivity contribution in [1.82, 2.24) is 0 Å². The molecule has 5 unspecified atom stereocenters. The molecular weight excluding hydrogens is 280 g/mol. The highest BCUT2D eigenvalue weighted by Gasteiger charge is 2.36. The molecule has 1 aliphatic carbocycles. The fourth-order valence-electron chi connectivity index (χ4n) is 3.33. The molecule has 0 aliphatic heterocycles. The summed E-state index contributed by atoms with van der Waals surface area (Å²) in [5.74, 6) is 0.0363. The minimum Gasteiger partial charge on any atom is -0.396 e. The normalized spacial score (nSPS) is 30.4. The van der Waals surface area contributed by atoms with Crippen molar-refractivity contribution in [3.8, 4) is 0 Å². The first kappa shape index (κ1) is 19.9. The van der Waals surface area contributed by atoms with Crippen molar-refractivity contribution in [3.05, 3.63) is 0 Å². The third kappa shape index (κ3) is 7.40. The van der Waals surface area contributed by atoms with Crippen LogP contribution in [0.5, 0.6) is 0 Å². The minimum absolute atomic E-state index is 0.0363. The maximum Gasteiger partial charge on any atom is 0.106 e. The first-order valence-corrected chi connectivity index (χ1v) is 9.20. The van der Waals surface area contributed by atoms with Crippen molar-refractivity contribution in [2.75, 3.05) is 6.61 Å². The van der Waals surface area contributed by atoms with Crippen LogP contribution in [-0.4, -0.2) is 46.3 Å². The highest BCUT2D eigenvalue weighted by atomic mass is 16.5. The van der Waals surface area contributed by atoms with Gasteiger partial charge in [0.15, 0.2) is 0 Å². The van der Waals surface area contributed by atoms with Crippen LogP contribution in [0.1, 0.15) is 78.1 Å². The Labute approximate surface area is 135 Å². The first-order chi connectivity index (χ1) is 10.6. The van der Waals surface area contributed by atoms with Crippen molar-refractivity contribution < 1.29 is 20.1 Å². The molecule has 0 heterocycles. The SMILES string of the molecule is CCCCCCCCCC(C)OC1CC(CO)CC(O)C1O. The summed E-state index contributed by atoms with van der Waals surface area (Å²) in [5, 5.41) is 29.1. The predicted octanol–water partition coefficient (Wildman–Crippen LogP) is 3.02. The first-order valence-electron chi connectivity index (χ1n) is 9.20. The number of ether oxygens (including phenoxy) is 1. The third-order valence-electron chi connectivity index (χ3n) is 4.80. The zero-order valence-electron chi connectivity index (χ0n) is 14.4. The molecule has 132 valence electrons. The van der Waals surface area contributed by atoms with Crippen LogP contribution in [-0.2, 0) is 4.74 Å². The lowest BCUT2D eigenvalue weighted by Crippen LogP contribution is -2.47. The lowest BCUT2D eigenvalue weighted by atomic mass is 9.83. The fourth-order valence-corrected chi connectivity index (χ4v) is 3.33. The van der Waals surface area contributed by atoms with Crippen molar-refractivity contribution in [1.29, 1.82) is 0 Å². The van der Waals surface area contributed by atoms with Crippen LogP contribution in [0.2, 0.25) is 0 Å². The summed E-state index contributed by atoms with van der Waals surface area (Å²) in [6.45, 7) is 4.32. The van der Waals surface area contributed by atoms with Crippen molar-refractivity contribution in [2.45, 2.75) is 102 Å². The van der Waals surface area contributed by atoms with E-state index < -0.39 is 12.2 Å². The Balaban J connectivity index is 2.16. The molecule has 0 aromatic carbocycles. The Morgan fingerprint density at radius 1 is 1.00 bits per heavy atom. The monoisotopic (exact) mass is 316 g/mol. The van der Waals surface area contributed by atoms with Gasteiger partial charge in [-0.3, -0.25) is 0 Å². The molecule has 4 nitrogen and oxygen atoms in total. The average Bonchev–Trinajstić information content (AvgIpc) is 2.50. The summed E-state index contributed by atoms with van der Waals surface area (Å²) < 4.78 is 5.93. The Bertz CT molecular complexity index is 272. The summed E-state index contributed by atoms with van der Waals surface area (Å²) >= 11 is 0. The maximum absolute atomic E-state index is 10.0. The van der Waals surface area contributed by atoms with E-state index in [2.05, 4.69) is 6.92 Å².